The highest BCUT2D eigenvalue weighted by Crippen LogP contribution is 2.27. The number of hydrogen-bond acceptors (Lipinski definition) is 8. The summed E-state index contributed by atoms with van der Waals surface area (Å²) in [4.78, 5) is 36.2. The standard InChI is InChI=1S/C30H32ClN7O2S/c1-18(20(14-32)8-3-2-6-19-7-4-5-9-23(19)31)37-24-17-35-28-11-10-25(38(28)30(24)40)29(39)36-16-22-12-21-15-34-27(33)13-26(21)41-22/h4-5,7-9,12-15,17-18,25,32,37H,2-3,6,10-11,16H2,1H3,(H2,33,34)(H,36,39)/b20-8+,32-14?/t18-,25+/m1/s1. The Kier molecular flexibility index (Phi) is 8.80. The fraction of sp³-hybridized carbons (Fsp3) is 0.300. The Hall–Kier alpha value is -4.02. The van der Waals surface area contributed by atoms with E-state index in [2.05, 4.69) is 20.6 Å². The van der Waals surface area contributed by atoms with Crippen LogP contribution in [0.4, 0.5) is 11.5 Å². The average molecular weight is 590 g/mol. The van der Waals surface area contributed by atoms with E-state index >= 15 is 0 Å². The molecule has 11 heteroatoms. The number of hydrogen-bond donors (Lipinski definition) is 4. The topological polar surface area (TPSA) is 139 Å². The second-order valence-corrected chi connectivity index (χ2v) is 11.7. The molecule has 1 amide bonds. The van der Waals surface area contributed by atoms with Crippen LogP contribution in [0.5, 0.6) is 0 Å². The van der Waals surface area contributed by atoms with Gasteiger partial charge in [0.05, 0.1) is 12.7 Å². The molecule has 2 atom stereocenters. The van der Waals surface area contributed by atoms with Gasteiger partial charge in [-0.25, -0.2) is 9.97 Å². The van der Waals surface area contributed by atoms with Crippen molar-refractivity contribution >= 4 is 56.7 Å². The van der Waals surface area contributed by atoms with Crippen LogP contribution in [-0.4, -0.2) is 32.7 Å². The summed E-state index contributed by atoms with van der Waals surface area (Å²) in [5.74, 6) is 0.838. The zero-order valence-corrected chi connectivity index (χ0v) is 24.3. The molecule has 5 N–H and O–H groups in total. The van der Waals surface area contributed by atoms with Crippen molar-refractivity contribution in [1.82, 2.24) is 19.9 Å². The Morgan fingerprint density at radius 2 is 2.12 bits per heavy atom. The van der Waals surface area contributed by atoms with E-state index in [0.29, 0.717) is 36.7 Å². The van der Waals surface area contributed by atoms with E-state index < -0.39 is 6.04 Å². The Morgan fingerprint density at radius 1 is 1.29 bits per heavy atom. The van der Waals surface area contributed by atoms with Crippen LogP contribution >= 0.6 is 22.9 Å². The number of halogens is 1. The van der Waals surface area contributed by atoms with Gasteiger partial charge in [0.25, 0.3) is 5.56 Å². The van der Waals surface area contributed by atoms with Crippen molar-refractivity contribution in [2.45, 2.75) is 57.7 Å². The van der Waals surface area contributed by atoms with Crippen LogP contribution in [-0.2, 0) is 24.2 Å². The highest BCUT2D eigenvalue weighted by atomic mass is 35.5. The van der Waals surface area contributed by atoms with Crippen LogP contribution < -0.4 is 21.9 Å². The van der Waals surface area contributed by atoms with Crippen molar-refractivity contribution in [2.24, 2.45) is 0 Å². The molecule has 212 valence electrons. The quantitative estimate of drug-likeness (QED) is 0.138. The lowest BCUT2D eigenvalue weighted by molar-refractivity contribution is -0.124. The predicted molar refractivity (Wildman–Crippen MR) is 166 cm³/mol. The van der Waals surface area contributed by atoms with Crippen molar-refractivity contribution in [1.29, 1.82) is 5.41 Å². The van der Waals surface area contributed by atoms with E-state index in [0.717, 1.165) is 50.4 Å². The number of pyridine rings is 1. The highest BCUT2D eigenvalue weighted by molar-refractivity contribution is 7.19. The number of rotatable bonds is 11. The van der Waals surface area contributed by atoms with Crippen LogP contribution in [0.25, 0.3) is 10.1 Å². The molecule has 4 aromatic rings. The average Bonchev–Trinajstić information content (AvgIpc) is 3.58. The van der Waals surface area contributed by atoms with Crippen LogP contribution in [0, 0.1) is 5.41 Å². The largest absolute Gasteiger partial charge is 0.384 e. The smallest absolute Gasteiger partial charge is 0.277 e. The molecule has 0 fully saturated rings. The van der Waals surface area contributed by atoms with Gasteiger partial charge in [0.2, 0.25) is 5.91 Å². The number of benzene rings is 1. The molecule has 1 aromatic carbocycles. The summed E-state index contributed by atoms with van der Waals surface area (Å²) in [5, 5.41) is 15.8. The first-order chi connectivity index (χ1) is 19.8. The maximum absolute atomic E-state index is 13.5. The molecule has 0 spiro atoms. The van der Waals surface area contributed by atoms with Crippen molar-refractivity contribution in [3.63, 3.8) is 0 Å². The maximum atomic E-state index is 13.5. The van der Waals surface area contributed by atoms with Crippen LogP contribution in [0.2, 0.25) is 5.02 Å². The number of thiophene rings is 1. The summed E-state index contributed by atoms with van der Waals surface area (Å²) in [6.45, 7) is 2.26. The lowest BCUT2D eigenvalue weighted by atomic mass is 10.0. The molecule has 9 nitrogen and oxygen atoms in total. The van der Waals surface area contributed by atoms with Crippen LogP contribution in [0.1, 0.15) is 48.5 Å². The third kappa shape index (κ3) is 6.49. The van der Waals surface area contributed by atoms with E-state index in [1.807, 2.05) is 49.4 Å². The Morgan fingerprint density at radius 3 is 2.93 bits per heavy atom. The van der Waals surface area contributed by atoms with Gasteiger partial charge in [-0.3, -0.25) is 14.2 Å². The number of nitrogen functional groups attached to an aromatic ring is 1. The van der Waals surface area contributed by atoms with Crippen molar-refractivity contribution < 1.29 is 4.79 Å². The Labute approximate surface area is 247 Å². The first-order valence-corrected chi connectivity index (χ1v) is 14.8. The molecular weight excluding hydrogens is 558 g/mol. The van der Waals surface area contributed by atoms with Gasteiger partial charge in [-0.2, -0.15) is 0 Å². The molecule has 5 rings (SSSR count). The van der Waals surface area contributed by atoms with Gasteiger partial charge < -0.3 is 21.8 Å². The zero-order valence-electron chi connectivity index (χ0n) is 22.7. The SMILES string of the molecule is C[C@@H](Nc1cnc2n(c1=O)[C@H](C(=O)NCc1cc3cnc(N)cc3s1)CC2)/C(C=N)=C/CCCc1ccccc1Cl. The van der Waals surface area contributed by atoms with E-state index in [1.165, 1.54) is 17.0 Å². The summed E-state index contributed by atoms with van der Waals surface area (Å²) in [7, 11) is 0. The lowest BCUT2D eigenvalue weighted by Gasteiger charge is -2.18. The second kappa shape index (κ2) is 12.7. The van der Waals surface area contributed by atoms with Gasteiger partial charge in [-0.1, -0.05) is 35.9 Å². The Bertz CT molecular complexity index is 1680. The van der Waals surface area contributed by atoms with Gasteiger partial charge in [-0.15, -0.1) is 11.3 Å². The van der Waals surface area contributed by atoms with Crippen LogP contribution in [0.3, 0.4) is 0 Å². The molecule has 1 aliphatic heterocycles. The first kappa shape index (κ1) is 28.5. The van der Waals surface area contributed by atoms with Crippen LogP contribution in [0.15, 0.2) is 65.2 Å². The third-order valence-corrected chi connectivity index (χ3v) is 8.73. The minimum absolute atomic E-state index is 0.216. The molecule has 3 aromatic heterocycles. The molecule has 1 aliphatic rings. The normalized spacial score (nSPS) is 15.5. The number of nitrogens with two attached hydrogens (primary N) is 1. The monoisotopic (exact) mass is 589 g/mol. The van der Waals surface area contributed by atoms with Gasteiger partial charge in [-0.05, 0) is 61.9 Å². The third-order valence-electron chi connectivity index (χ3n) is 7.26. The number of carbonyl (C=O) groups excluding carboxylic acids is 1. The highest BCUT2D eigenvalue weighted by Gasteiger charge is 2.31. The molecule has 0 saturated carbocycles. The predicted octanol–water partition coefficient (Wildman–Crippen LogP) is 5.29. The molecule has 0 unspecified atom stereocenters. The number of fused-ring (bicyclic) bond motifs is 2. The molecule has 0 bridgehead atoms. The van der Waals surface area contributed by atoms with E-state index in [4.69, 9.17) is 22.7 Å². The van der Waals surface area contributed by atoms with E-state index in [-0.39, 0.29) is 17.5 Å². The van der Waals surface area contributed by atoms with Gasteiger partial charge in [0.1, 0.15) is 23.4 Å². The lowest BCUT2D eigenvalue weighted by Crippen LogP contribution is -2.37. The molecule has 0 saturated heterocycles. The summed E-state index contributed by atoms with van der Waals surface area (Å²) in [6, 6.07) is 10.7. The van der Waals surface area contributed by atoms with E-state index in [1.54, 1.807) is 17.5 Å². The van der Waals surface area contributed by atoms with Crippen molar-refractivity contribution in [3.05, 3.63) is 92.1 Å². The summed E-state index contributed by atoms with van der Waals surface area (Å²) in [6.07, 6.45) is 10.1. The number of amides is 1. The molecule has 0 radical (unpaired) electrons. The van der Waals surface area contributed by atoms with Gasteiger partial charge >= 0.3 is 0 Å². The second-order valence-electron chi connectivity index (χ2n) is 10.1. The molecule has 4 heterocycles. The number of unbranched alkanes of at least 4 members (excludes halogenated alkanes) is 1. The number of carbonyl (C=O) groups is 1. The fourth-order valence-electron chi connectivity index (χ4n) is 5.07. The molecule has 0 aliphatic carbocycles. The minimum atomic E-state index is -0.628. The van der Waals surface area contributed by atoms with E-state index in [9.17, 15) is 9.59 Å². The summed E-state index contributed by atoms with van der Waals surface area (Å²) >= 11 is 7.80. The zero-order chi connectivity index (χ0) is 28.9. The van der Waals surface area contributed by atoms with Gasteiger partial charge in [0, 0.05) is 44.9 Å². The number of nitrogens with zero attached hydrogens (tertiary/aromatic N) is 3. The summed E-state index contributed by atoms with van der Waals surface area (Å²) < 4.78 is 2.51. The maximum Gasteiger partial charge on any atom is 0.277 e. The Balaban J connectivity index is 1.22. The van der Waals surface area contributed by atoms with Crippen molar-refractivity contribution in [2.75, 3.05) is 11.1 Å². The number of allylic oxidation sites excluding steroid dienone is 1. The molecular formula is C30H32ClN7O2S. The number of aryl methyl sites for hydroxylation is 2. The summed E-state index contributed by atoms with van der Waals surface area (Å²) in [5.41, 5.74) is 7.67. The number of nitrogens with one attached hydrogen (secondary N) is 3. The number of aromatic nitrogens is 3. The molecule has 41 heavy (non-hydrogen) atoms. The minimum Gasteiger partial charge on any atom is -0.384 e. The fourth-order valence-corrected chi connectivity index (χ4v) is 6.33. The van der Waals surface area contributed by atoms with Crippen molar-refractivity contribution in [3.8, 4) is 0 Å². The number of anilines is 2. The van der Waals surface area contributed by atoms with Gasteiger partial charge in [0.15, 0.2) is 0 Å². The first-order valence-electron chi connectivity index (χ1n) is 13.6.